The molecule has 0 aliphatic rings. The Balaban J connectivity index is 2.52. The standard InChI is InChI=1S/C12H21N3OS/c1-8(2)6-10-14-15-11(17-10)13-9(16)7-12(3,4)5/h8H,6-7H2,1-5H3,(H,13,15,16). The van der Waals surface area contributed by atoms with Crippen LogP contribution in [0.15, 0.2) is 0 Å². The maximum atomic E-state index is 11.7. The largest absolute Gasteiger partial charge is 0.301 e. The lowest BCUT2D eigenvalue weighted by atomic mass is 9.92. The van der Waals surface area contributed by atoms with Gasteiger partial charge in [-0.15, -0.1) is 10.2 Å². The molecule has 1 heterocycles. The van der Waals surface area contributed by atoms with Crippen LogP contribution in [0, 0.1) is 11.3 Å². The maximum absolute atomic E-state index is 11.7. The van der Waals surface area contributed by atoms with Crippen molar-refractivity contribution in [3.05, 3.63) is 5.01 Å². The molecule has 0 atom stereocenters. The van der Waals surface area contributed by atoms with Gasteiger partial charge in [0.25, 0.3) is 0 Å². The van der Waals surface area contributed by atoms with Crippen LogP contribution in [0.3, 0.4) is 0 Å². The molecule has 0 fully saturated rings. The zero-order chi connectivity index (χ0) is 13.1. The van der Waals surface area contributed by atoms with Crippen molar-refractivity contribution in [3.8, 4) is 0 Å². The van der Waals surface area contributed by atoms with Crippen molar-refractivity contribution in [2.45, 2.75) is 47.5 Å². The normalized spacial score (nSPS) is 11.9. The van der Waals surface area contributed by atoms with Crippen molar-refractivity contribution >= 4 is 22.4 Å². The summed E-state index contributed by atoms with van der Waals surface area (Å²) in [5.41, 5.74) is -0.00443. The van der Waals surface area contributed by atoms with Gasteiger partial charge < -0.3 is 5.32 Å². The van der Waals surface area contributed by atoms with Crippen molar-refractivity contribution in [2.75, 3.05) is 5.32 Å². The van der Waals surface area contributed by atoms with Crippen LogP contribution in [-0.4, -0.2) is 16.1 Å². The fraction of sp³-hybridized carbons (Fsp3) is 0.750. The monoisotopic (exact) mass is 255 g/mol. The van der Waals surface area contributed by atoms with Gasteiger partial charge in [-0.3, -0.25) is 4.79 Å². The Kier molecular flexibility index (Phi) is 4.62. The molecule has 1 rings (SSSR count). The molecule has 1 amide bonds. The third-order valence-electron chi connectivity index (χ3n) is 1.99. The Labute approximate surface area is 107 Å². The van der Waals surface area contributed by atoms with Crippen molar-refractivity contribution in [3.63, 3.8) is 0 Å². The number of carbonyl (C=O) groups excluding carboxylic acids is 1. The second kappa shape index (κ2) is 5.58. The van der Waals surface area contributed by atoms with Crippen LogP contribution >= 0.6 is 11.3 Å². The Bertz CT molecular complexity index is 379. The summed E-state index contributed by atoms with van der Waals surface area (Å²) in [6.45, 7) is 10.4. The molecule has 17 heavy (non-hydrogen) atoms. The lowest BCUT2D eigenvalue weighted by Gasteiger charge is -2.16. The van der Waals surface area contributed by atoms with E-state index in [1.807, 2.05) is 20.8 Å². The summed E-state index contributed by atoms with van der Waals surface area (Å²) in [5, 5.41) is 12.4. The predicted octanol–water partition coefficient (Wildman–Crippen LogP) is 3.11. The summed E-state index contributed by atoms with van der Waals surface area (Å²) in [7, 11) is 0. The Hall–Kier alpha value is -0.970. The molecule has 0 unspecified atom stereocenters. The van der Waals surface area contributed by atoms with Crippen LogP contribution in [0.1, 0.15) is 46.0 Å². The van der Waals surface area contributed by atoms with Gasteiger partial charge in [0.2, 0.25) is 11.0 Å². The molecule has 1 aromatic rings. The van der Waals surface area contributed by atoms with E-state index >= 15 is 0 Å². The minimum Gasteiger partial charge on any atom is -0.301 e. The molecule has 0 radical (unpaired) electrons. The highest BCUT2D eigenvalue weighted by atomic mass is 32.1. The van der Waals surface area contributed by atoms with Crippen molar-refractivity contribution < 1.29 is 4.79 Å². The van der Waals surface area contributed by atoms with Gasteiger partial charge in [0, 0.05) is 12.8 Å². The molecule has 0 aliphatic carbocycles. The number of anilines is 1. The van der Waals surface area contributed by atoms with E-state index in [0.717, 1.165) is 11.4 Å². The summed E-state index contributed by atoms with van der Waals surface area (Å²) in [4.78, 5) is 11.7. The first-order valence-electron chi connectivity index (χ1n) is 5.88. The molecule has 5 heteroatoms. The average Bonchev–Trinajstić information content (AvgIpc) is 2.46. The minimum absolute atomic E-state index is 0.00440. The number of rotatable bonds is 4. The summed E-state index contributed by atoms with van der Waals surface area (Å²) in [5.74, 6) is 0.561. The molecule has 0 aliphatic heterocycles. The highest BCUT2D eigenvalue weighted by Crippen LogP contribution is 2.22. The van der Waals surface area contributed by atoms with E-state index < -0.39 is 0 Å². The topological polar surface area (TPSA) is 54.9 Å². The van der Waals surface area contributed by atoms with E-state index in [1.165, 1.54) is 11.3 Å². The van der Waals surface area contributed by atoms with Gasteiger partial charge in [0.15, 0.2) is 0 Å². The molecule has 96 valence electrons. The molecule has 4 nitrogen and oxygen atoms in total. The molecule has 1 aromatic heterocycles. The quantitative estimate of drug-likeness (QED) is 0.899. The first kappa shape index (κ1) is 14.1. The third kappa shape index (κ3) is 5.77. The molecule has 0 bridgehead atoms. The smallest absolute Gasteiger partial charge is 0.226 e. The molecule has 0 saturated heterocycles. The fourth-order valence-electron chi connectivity index (χ4n) is 1.38. The van der Waals surface area contributed by atoms with Crippen molar-refractivity contribution in [1.82, 2.24) is 10.2 Å². The number of hydrogen-bond donors (Lipinski definition) is 1. The number of nitrogens with one attached hydrogen (secondary N) is 1. The highest BCUT2D eigenvalue weighted by Gasteiger charge is 2.17. The van der Waals surface area contributed by atoms with E-state index in [9.17, 15) is 4.79 Å². The predicted molar refractivity (Wildman–Crippen MR) is 71.2 cm³/mol. The van der Waals surface area contributed by atoms with Gasteiger partial charge in [0.1, 0.15) is 5.01 Å². The Morgan fingerprint density at radius 1 is 1.35 bits per heavy atom. The molecule has 0 saturated carbocycles. The van der Waals surface area contributed by atoms with Gasteiger partial charge in [0.05, 0.1) is 0 Å². The summed E-state index contributed by atoms with van der Waals surface area (Å²) in [6, 6.07) is 0. The number of amides is 1. The van der Waals surface area contributed by atoms with Crippen molar-refractivity contribution in [1.29, 1.82) is 0 Å². The Morgan fingerprint density at radius 3 is 2.53 bits per heavy atom. The molecular weight excluding hydrogens is 234 g/mol. The maximum Gasteiger partial charge on any atom is 0.226 e. The van der Waals surface area contributed by atoms with Gasteiger partial charge in [-0.25, -0.2) is 0 Å². The van der Waals surface area contributed by atoms with Gasteiger partial charge in [-0.1, -0.05) is 46.0 Å². The van der Waals surface area contributed by atoms with Crippen LogP contribution in [0.5, 0.6) is 0 Å². The first-order valence-corrected chi connectivity index (χ1v) is 6.70. The summed E-state index contributed by atoms with van der Waals surface area (Å²) < 4.78 is 0. The lowest BCUT2D eigenvalue weighted by molar-refractivity contribution is -0.117. The molecule has 0 aromatic carbocycles. The number of aromatic nitrogens is 2. The number of nitrogens with zero attached hydrogens (tertiary/aromatic N) is 2. The van der Waals surface area contributed by atoms with E-state index in [0.29, 0.717) is 17.5 Å². The lowest BCUT2D eigenvalue weighted by Crippen LogP contribution is -2.19. The van der Waals surface area contributed by atoms with Crippen LogP contribution in [0.25, 0.3) is 0 Å². The second-order valence-corrected chi connectivity index (χ2v) is 6.95. The summed E-state index contributed by atoms with van der Waals surface area (Å²) >= 11 is 1.46. The van der Waals surface area contributed by atoms with Gasteiger partial charge in [-0.2, -0.15) is 0 Å². The zero-order valence-electron chi connectivity index (χ0n) is 11.2. The fourth-order valence-corrected chi connectivity index (χ4v) is 2.35. The van der Waals surface area contributed by atoms with E-state index in [-0.39, 0.29) is 11.3 Å². The highest BCUT2D eigenvalue weighted by molar-refractivity contribution is 7.15. The van der Waals surface area contributed by atoms with E-state index in [4.69, 9.17) is 0 Å². The first-order chi connectivity index (χ1) is 7.76. The summed E-state index contributed by atoms with van der Waals surface area (Å²) in [6.07, 6.45) is 1.40. The number of hydrogen-bond acceptors (Lipinski definition) is 4. The average molecular weight is 255 g/mol. The van der Waals surface area contributed by atoms with Crippen LogP contribution in [0.4, 0.5) is 5.13 Å². The van der Waals surface area contributed by atoms with Crippen LogP contribution in [0.2, 0.25) is 0 Å². The van der Waals surface area contributed by atoms with Crippen LogP contribution < -0.4 is 5.32 Å². The van der Waals surface area contributed by atoms with E-state index in [1.54, 1.807) is 0 Å². The molecule has 0 spiro atoms. The Morgan fingerprint density at radius 2 is 2.00 bits per heavy atom. The second-order valence-electron chi connectivity index (χ2n) is 5.88. The third-order valence-corrected chi connectivity index (χ3v) is 2.85. The SMILES string of the molecule is CC(C)Cc1nnc(NC(=O)CC(C)(C)C)s1. The van der Waals surface area contributed by atoms with Crippen LogP contribution in [-0.2, 0) is 11.2 Å². The molecular formula is C12H21N3OS. The van der Waals surface area contributed by atoms with Gasteiger partial charge >= 0.3 is 0 Å². The van der Waals surface area contributed by atoms with Crippen molar-refractivity contribution in [2.24, 2.45) is 11.3 Å². The molecule has 1 N–H and O–H groups in total. The van der Waals surface area contributed by atoms with Gasteiger partial charge in [-0.05, 0) is 11.3 Å². The number of carbonyl (C=O) groups is 1. The minimum atomic E-state index is -0.00443. The zero-order valence-corrected chi connectivity index (χ0v) is 12.0. The van der Waals surface area contributed by atoms with E-state index in [2.05, 4.69) is 29.4 Å².